The van der Waals surface area contributed by atoms with Crippen LogP contribution in [-0.2, 0) is 16.1 Å². The van der Waals surface area contributed by atoms with Gasteiger partial charge in [-0.1, -0.05) is 37.3 Å². The smallest absolute Gasteiger partial charge is 0.310 e. The molecule has 0 saturated carbocycles. The lowest BCUT2D eigenvalue weighted by Gasteiger charge is -2.20. The molecule has 21 heavy (non-hydrogen) atoms. The lowest BCUT2D eigenvalue weighted by molar-refractivity contribution is -0.149. The van der Waals surface area contributed by atoms with Crippen molar-refractivity contribution in [2.24, 2.45) is 11.8 Å². The molecule has 3 unspecified atom stereocenters. The van der Waals surface area contributed by atoms with Gasteiger partial charge in [0.1, 0.15) is 6.61 Å². The topological polar surface area (TPSA) is 49.8 Å². The SMILES string of the molecule is CC(CN1CCC(C(C)O)C1)C(=O)OCc1ccccc1. The van der Waals surface area contributed by atoms with Gasteiger partial charge in [0.2, 0.25) is 0 Å². The highest BCUT2D eigenvalue weighted by Gasteiger charge is 2.28. The van der Waals surface area contributed by atoms with Gasteiger partial charge in [-0.2, -0.15) is 0 Å². The Kier molecular flexibility index (Phi) is 5.76. The Balaban J connectivity index is 1.73. The van der Waals surface area contributed by atoms with Gasteiger partial charge in [0.15, 0.2) is 0 Å². The zero-order valence-electron chi connectivity index (χ0n) is 12.9. The van der Waals surface area contributed by atoms with Crippen LogP contribution in [0, 0.1) is 11.8 Å². The molecule has 0 amide bonds. The summed E-state index contributed by atoms with van der Waals surface area (Å²) in [7, 11) is 0. The van der Waals surface area contributed by atoms with E-state index in [0.717, 1.165) is 25.1 Å². The fourth-order valence-corrected chi connectivity index (χ4v) is 2.75. The third kappa shape index (κ3) is 4.83. The standard InChI is InChI=1S/C17H25NO3/c1-13(10-18-9-8-16(11-18)14(2)19)17(20)21-12-15-6-4-3-5-7-15/h3-7,13-14,16,19H,8-12H2,1-2H3. The van der Waals surface area contributed by atoms with Crippen LogP contribution in [0.25, 0.3) is 0 Å². The van der Waals surface area contributed by atoms with E-state index in [1.54, 1.807) is 0 Å². The van der Waals surface area contributed by atoms with Crippen molar-refractivity contribution in [1.82, 2.24) is 4.90 Å². The Morgan fingerprint density at radius 1 is 1.38 bits per heavy atom. The molecular weight excluding hydrogens is 266 g/mol. The minimum Gasteiger partial charge on any atom is -0.461 e. The fraction of sp³-hybridized carbons (Fsp3) is 0.588. The van der Waals surface area contributed by atoms with Crippen LogP contribution in [0.5, 0.6) is 0 Å². The fourth-order valence-electron chi connectivity index (χ4n) is 2.75. The van der Waals surface area contributed by atoms with Crippen LogP contribution in [0.2, 0.25) is 0 Å². The van der Waals surface area contributed by atoms with Gasteiger partial charge < -0.3 is 14.7 Å². The van der Waals surface area contributed by atoms with Crippen molar-refractivity contribution < 1.29 is 14.6 Å². The Bertz CT molecular complexity index is 447. The van der Waals surface area contributed by atoms with Crippen molar-refractivity contribution in [2.45, 2.75) is 33.0 Å². The molecule has 1 saturated heterocycles. The van der Waals surface area contributed by atoms with E-state index in [-0.39, 0.29) is 18.0 Å². The third-order valence-electron chi connectivity index (χ3n) is 4.15. The highest BCUT2D eigenvalue weighted by molar-refractivity contribution is 5.72. The minimum absolute atomic E-state index is 0.138. The van der Waals surface area contributed by atoms with E-state index in [0.29, 0.717) is 19.1 Å². The Morgan fingerprint density at radius 2 is 2.10 bits per heavy atom. The molecular formula is C17H25NO3. The van der Waals surface area contributed by atoms with Crippen molar-refractivity contribution in [1.29, 1.82) is 0 Å². The lowest BCUT2D eigenvalue weighted by atomic mass is 10.0. The van der Waals surface area contributed by atoms with Gasteiger partial charge in [-0.15, -0.1) is 0 Å². The number of aliphatic hydroxyl groups excluding tert-OH is 1. The van der Waals surface area contributed by atoms with Crippen molar-refractivity contribution >= 4 is 5.97 Å². The summed E-state index contributed by atoms with van der Waals surface area (Å²) in [6.07, 6.45) is 0.735. The van der Waals surface area contributed by atoms with Crippen LogP contribution in [-0.4, -0.2) is 41.7 Å². The third-order valence-corrected chi connectivity index (χ3v) is 4.15. The van der Waals surface area contributed by atoms with Gasteiger partial charge >= 0.3 is 5.97 Å². The van der Waals surface area contributed by atoms with E-state index >= 15 is 0 Å². The maximum Gasteiger partial charge on any atom is 0.310 e. The summed E-state index contributed by atoms with van der Waals surface area (Å²) >= 11 is 0. The lowest BCUT2D eigenvalue weighted by Crippen LogP contribution is -2.32. The molecule has 1 aliphatic heterocycles. The van der Waals surface area contributed by atoms with Gasteiger partial charge in [-0.3, -0.25) is 4.79 Å². The highest BCUT2D eigenvalue weighted by atomic mass is 16.5. The van der Waals surface area contributed by atoms with Gasteiger partial charge in [-0.05, 0) is 31.4 Å². The van der Waals surface area contributed by atoms with Crippen LogP contribution < -0.4 is 0 Å². The summed E-state index contributed by atoms with van der Waals surface area (Å²) < 4.78 is 5.36. The number of aliphatic hydroxyl groups is 1. The molecule has 1 heterocycles. The maximum atomic E-state index is 12.0. The molecule has 1 fully saturated rings. The minimum atomic E-state index is -0.268. The maximum absolute atomic E-state index is 12.0. The highest BCUT2D eigenvalue weighted by Crippen LogP contribution is 2.20. The monoisotopic (exact) mass is 291 g/mol. The molecule has 0 aromatic heterocycles. The number of nitrogens with zero attached hydrogens (tertiary/aromatic N) is 1. The number of rotatable bonds is 6. The van der Waals surface area contributed by atoms with Gasteiger partial charge in [0.05, 0.1) is 12.0 Å². The van der Waals surface area contributed by atoms with Gasteiger partial charge in [0.25, 0.3) is 0 Å². The Morgan fingerprint density at radius 3 is 2.71 bits per heavy atom. The molecule has 4 heteroatoms. The Labute approximate surface area is 126 Å². The second kappa shape index (κ2) is 7.57. The second-order valence-corrected chi connectivity index (χ2v) is 6.04. The number of carbonyl (C=O) groups is 1. The van der Waals surface area contributed by atoms with Crippen molar-refractivity contribution in [3.8, 4) is 0 Å². The predicted molar refractivity (Wildman–Crippen MR) is 81.6 cm³/mol. The van der Waals surface area contributed by atoms with Crippen LogP contribution in [0.4, 0.5) is 0 Å². The molecule has 1 aromatic rings. The van der Waals surface area contributed by atoms with Gasteiger partial charge in [-0.25, -0.2) is 0 Å². The van der Waals surface area contributed by atoms with Crippen molar-refractivity contribution in [2.75, 3.05) is 19.6 Å². The van der Waals surface area contributed by atoms with E-state index in [1.807, 2.05) is 44.2 Å². The van der Waals surface area contributed by atoms with Crippen LogP contribution in [0.1, 0.15) is 25.8 Å². The van der Waals surface area contributed by atoms with E-state index in [1.165, 1.54) is 0 Å². The molecule has 116 valence electrons. The molecule has 0 spiro atoms. The number of carbonyl (C=O) groups excluding carboxylic acids is 1. The largest absolute Gasteiger partial charge is 0.461 e. The molecule has 3 atom stereocenters. The molecule has 2 rings (SSSR count). The first-order valence-corrected chi connectivity index (χ1v) is 7.67. The number of esters is 1. The first-order chi connectivity index (χ1) is 10.1. The first kappa shape index (κ1) is 16.0. The Hall–Kier alpha value is -1.39. The van der Waals surface area contributed by atoms with Crippen molar-refractivity contribution in [3.63, 3.8) is 0 Å². The number of likely N-dealkylation sites (tertiary alicyclic amines) is 1. The summed E-state index contributed by atoms with van der Waals surface area (Å²) in [5, 5.41) is 9.61. The van der Waals surface area contributed by atoms with Crippen LogP contribution in [0.15, 0.2) is 30.3 Å². The molecule has 0 bridgehead atoms. The van der Waals surface area contributed by atoms with E-state index in [4.69, 9.17) is 4.74 Å². The average molecular weight is 291 g/mol. The molecule has 1 aliphatic rings. The molecule has 1 N–H and O–H groups in total. The summed E-state index contributed by atoms with van der Waals surface area (Å²) in [5.74, 6) is 0.0401. The van der Waals surface area contributed by atoms with Crippen LogP contribution >= 0.6 is 0 Å². The number of hydrogen-bond donors (Lipinski definition) is 1. The summed E-state index contributed by atoms with van der Waals surface area (Å²) in [6.45, 7) is 6.60. The normalized spacial score (nSPS) is 22.0. The second-order valence-electron chi connectivity index (χ2n) is 6.04. The quantitative estimate of drug-likeness (QED) is 0.815. The average Bonchev–Trinajstić information content (AvgIpc) is 2.94. The molecule has 4 nitrogen and oxygen atoms in total. The molecule has 0 aliphatic carbocycles. The molecule has 0 radical (unpaired) electrons. The van der Waals surface area contributed by atoms with E-state index < -0.39 is 0 Å². The number of ether oxygens (including phenoxy) is 1. The number of hydrogen-bond acceptors (Lipinski definition) is 4. The van der Waals surface area contributed by atoms with Gasteiger partial charge in [0, 0.05) is 13.1 Å². The van der Waals surface area contributed by atoms with E-state index in [2.05, 4.69) is 4.90 Å². The predicted octanol–water partition coefficient (Wildman–Crippen LogP) is 2.07. The van der Waals surface area contributed by atoms with Crippen LogP contribution in [0.3, 0.4) is 0 Å². The zero-order valence-corrected chi connectivity index (χ0v) is 12.9. The number of benzene rings is 1. The summed E-state index contributed by atoms with van der Waals surface area (Å²) in [4.78, 5) is 14.3. The summed E-state index contributed by atoms with van der Waals surface area (Å²) in [5.41, 5.74) is 1.01. The summed E-state index contributed by atoms with van der Waals surface area (Å²) in [6, 6.07) is 9.72. The van der Waals surface area contributed by atoms with E-state index in [9.17, 15) is 9.90 Å². The zero-order chi connectivity index (χ0) is 15.2. The first-order valence-electron chi connectivity index (χ1n) is 7.67. The van der Waals surface area contributed by atoms with Crippen molar-refractivity contribution in [3.05, 3.63) is 35.9 Å². The molecule has 1 aromatic carbocycles.